The predicted molar refractivity (Wildman–Crippen MR) is 173 cm³/mol. The molecule has 0 bridgehead atoms. The molecule has 0 amide bonds. The SMILES string of the molecule is Cc1cnc(-c2[c-]ccc3c2oc2c3ccc3sc(C)c(C)c32)cc1C(C)(C)C.[Ir].[c-]1ccccc1-c1ccccn1. The van der Waals surface area contributed by atoms with Crippen LogP contribution in [0.25, 0.3) is 54.5 Å². The largest absolute Gasteiger partial charge is 0.500 e. The summed E-state index contributed by atoms with van der Waals surface area (Å²) in [6.45, 7) is 13.2. The molecule has 213 valence electrons. The average molecular weight is 745 g/mol. The van der Waals surface area contributed by atoms with E-state index in [2.05, 4.69) is 82.9 Å². The molecule has 0 N–H and O–H groups in total. The van der Waals surface area contributed by atoms with E-state index in [4.69, 9.17) is 9.40 Å². The van der Waals surface area contributed by atoms with Gasteiger partial charge in [-0.1, -0.05) is 56.0 Å². The Bertz CT molecular complexity index is 1960. The van der Waals surface area contributed by atoms with Crippen molar-refractivity contribution in [2.75, 3.05) is 0 Å². The molecule has 0 saturated heterocycles. The van der Waals surface area contributed by atoms with Crippen LogP contribution < -0.4 is 0 Å². The molecule has 4 heterocycles. The molecule has 42 heavy (non-hydrogen) atoms. The van der Waals surface area contributed by atoms with Crippen LogP contribution in [-0.4, -0.2) is 9.97 Å². The van der Waals surface area contributed by atoms with Gasteiger partial charge < -0.3 is 14.4 Å². The molecule has 1 radical (unpaired) electrons. The van der Waals surface area contributed by atoms with Crippen LogP contribution in [-0.2, 0) is 25.5 Å². The topological polar surface area (TPSA) is 38.9 Å². The fourth-order valence-corrected chi connectivity index (χ4v) is 6.45. The summed E-state index contributed by atoms with van der Waals surface area (Å²) in [7, 11) is 0. The fraction of sp³-hybridized carbons (Fsp3) is 0.189. The minimum atomic E-state index is 0. The number of rotatable bonds is 2. The second-order valence-electron chi connectivity index (χ2n) is 11.4. The van der Waals surface area contributed by atoms with E-state index in [9.17, 15) is 0 Å². The number of aromatic nitrogens is 2. The van der Waals surface area contributed by atoms with Crippen LogP contribution >= 0.6 is 11.3 Å². The molecule has 3 aromatic carbocycles. The van der Waals surface area contributed by atoms with Gasteiger partial charge in [0.15, 0.2) is 0 Å². The summed E-state index contributed by atoms with van der Waals surface area (Å²) in [4.78, 5) is 10.3. The molecule has 5 heteroatoms. The van der Waals surface area contributed by atoms with Crippen molar-refractivity contribution in [1.29, 1.82) is 0 Å². The van der Waals surface area contributed by atoms with E-state index in [1.165, 1.54) is 31.7 Å². The molecule has 0 aliphatic carbocycles. The molecule has 0 atom stereocenters. The Morgan fingerprint density at radius 1 is 0.786 bits per heavy atom. The maximum Gasteiger partial charge on any atom is 0.129 e. The predicted octanol–water partition coefficient (Wildman–Crippen LogP) is 10.4. The first-order chi connectivity index (χ1) is 19.7. The maximum atomic E-state index is 6.54. The number of pyridine rings is 2. The van der Waals surface area contributed by atoms with E-state index in [-0.39, 0.29) is 25.5 Å². The van der Waals surface area contributed by atoms with E-state index in [0.29, 0.717) is 0 Å². The van der Waals surface area contributed by atoms with Crippen LogP contribution in [0, 0.1) is 32.9 Å². The van der Waals surface area contributed by atoms with Crippen molar-refractivity contribution in [2.24, 2.45) is 0 Å². The number of hydrogen-bond donors (Lipinski definition) is 0. The fourth-order valence-electron chi connectivity index (χ4n) is 5.38. The van der Waals surface area contributed by atoms with Crippen molar-refractivity contribution < 1.29 is 24.5 Å². The molecule has 0 aliphatic heterocycles. The van der Waals surface area contributed by atoms with Crippen molar-refractivity contribution in [3.8, 4) is 22.5 Å². The first kappa shape index (κ1) is 29.8. The summed E-state index contributed by atoms with van der Waals surface area (Å²) >= 11 is 1.83. The van der Waals surface area contributed by atoms with Crippen molar-refractivity contribution in [3.63, 3.8) is 0 Å². The van der Waals surface area contributed by atoms with Crippen molar-refractivity contribution in [3.05, 3.63) is 119 Å². The standard InChI is InChI=1S/C26H24NOS.C11H8N.Ir/c1-14-13-27-21(12-20(14)26(4,5)6)19-9-7-8-17-18-10-11-22-23(15(2)16(3)29-22)25(18)28-24(17)19;1-2-6-10(7-3-1)11-8-4-5-9-12-11;/h7-8,10-13H,1-6H3;1-6,8-9H;/q2*-1;. The number of fused-ring (bicyclic) bond motifs is 5. The molecular weight excluding hydrogens is 713 g/mol. The Balaban J connectivity index is 0.000000228. The zero-order valence-corrected chi connectivity index (χ0v) is 27.8. The third kappa shape index (κ3) is 5.57. The first-order valence-corrected chi connectivity index (χ1v) is 14.7. The molecule has 7 rings (SSSR count). The molecule has 4 aromatic heterocycles. The van der Waals surface area contributed by atoms with E-state index in [1.54, 1.807) is 6.20 Å². The second kappa shape index (κ2) is 11.9. The summed E-state index contributed by atoms with van der Waals surface area (Å²) in [5.41, 5.74) is 9.58. The zero-order chi connectivity index (χ0) is 28.7. The van der Waals surface area contributed by atoms with Gasteiger partial charge in [-0.15, -0.1) is 65.4 Å². The number of benzene rings is 3. The van der Waals surface area contributed by atoms with Gasteiger partial charge in [-0.3, -0.25) is 0 Å². The number of furan rings is 1. The third-order valence-corrected chi connectivity index (χ3v) is 8.72. The quantitative estimate of drug-likeness (QED) is 0.166. The second-order valence-corrected chi connectivity index (χ2v) is 12.7. The summed E-state index contributed by atoms with van der Waals surface area (Å²) in [5, 5.41) is 3.52. The minimum Gasteiger partial charge on any atom is -0.500 e. The minimum absolute atomic E-state index is 0. The third-order valence-electron chi connectivity index (χ3n) is 7.55. The van der Waals surface area contributed by atoms with Gasteiger partial charge in [0.25, 0.3) is 0 Å². The Morgan fingerprint density at radius 2 is 1.57 bits per heavy atom. The molecule has 0 aliphatic rings. The van der Waals surface area contributed by atoms with Crippen molar-refractivity contribution in [2.45, 2.75) is 47.0 Å². The first-order valence-electron chi connectivity index (χ1n) is 13.8. The molecular formula is C37H32IrN2OS-2. The molecule has 0 spiro atoms. The van der Waals surface area contributed by atoms with Crippen LogP contribution in [0.2, 0.25) is 0 Å². The van der Waals surface area contributed by atoms with Crippen LogP contribution in [0.15, 0.2) is 89.6 Å². The summed E-state index contributed by atoms with van der Waals surface area (Å²) < 4.78 is 7.81. The van der Waals surface area contributed by atoms with Crippen molar-refractivity contribution in [1.82, 2.24) is 9.97 Å². The summed E-state index contributed by atoms with van der Waals surface area (Å²) in [5.74, 6) is 0. The van der Waals surface area contributed by atoms with Crippen molar-refractivity contribution >= 4 is 43.4 Å². The Hall–Kier alpha value is -3.63. The zero-order valence-electron chi connectivity index (χ0n) is 24.6. The molecule has 0 saturated carbocycles. The van der Waals surface area contributed by atoms with Gasteiger partial charge in [0, 0.05) is 52.8 Å². The van der Waals surface area contributed by atoms with Crippen LogP contribution in [0.1, 0.15) is 42.3 Å². The summed E-state index contributed by atoms with van der Waals surface area (Å²) in [6.07, 6.45) is 3.76. The molecule has 7 aromatic rings. The van der Waals surface area contributed by atoms with Crippen LogP contribution in [0.5, 0.6) is 0 Å². The van der Waals surface area contributed by atoms with Gasteiger partial charge in [0.1, 0.15) is 5.58 Å². The number of hydrogen-bond acceptors (Lipinski definition) is 4. The normalized spacial score (nSPS) is 11.4. The number of aryl methyl sites for hydroxylation is 3. The van der Waals surface area contributed by atoms with Gasteiger partial charge in [-0.2, -0.15) is 0 Å². The van der Waals surface area contributed by atoms with E-state index < -0.39 is 0 Å². The van der Waals surface area contributed by atoms with Gasteiger partial charge in [0.2, 0.25) is 0 Å². The smallest absolute Gasteiger partial charge is 0.129 e. The average Bonchev–Trinajstić information content (AvgIpc) is 3.50. The van der Waals surface area contributed by atoms with E-state index in [0.717, 1.165) is 44.5 Å². The van der Waals surface area contributed by atoms with Crippen LogP contribution in [0.4, 0.5) is 0 Å². The van der Waals surface area contributed by atoms with Gasteiger partial charge in [0.05, 0.1) is 5.58 Å². The molecule has 0 unspecified atom stereocenters. The Morgan fingerprint density at radius 3 is 2.29 bits per heavy atom. The van der Waals surface area contributed by atoms with Gasteiger partial charge in [-0.05, 0) is 66.4 Å². The summed E-state index contributed by atoms with van der Waals surface area (Å²) in [6, 6.07) is 30.9. The number of nitrogens with zero attached hydrogens (tertiary/aromatic N) is 2. The van der Waals surface area contributed by atoms with E-state index in [1.807, 2.05) is 66.1 Å². The van der Waals surface area contributed by atoms with E-state index >= 15 is 0 Å². The Kier molecular flexibility index (Phi) is 8.48. The van der Waals surface area contributed by atoms with Crippen LogP contribution in [0.3, 0.4) is 0 Å². The molecule has 3 nitrogen and oxygen atoms in total. The van der Waals surface area contributed by atoms with Gasteiger partial charge >= 0.3 is 0 Å². The maximum absolute atomic E-state index is 6.54. The monoisotopic (exact) mass is 745 g/mol. The van der Waals surface area contributed by atoms with Gasteiger partial charge in [-0.25, -0.2) is 0 Å². The Labute approximate surface area is 265 Å². The number of thiophene rings is 1. The molecule has 0 fully saturated rings.